The average Bonchev–Trinajstić information content (AvgIpc) is 2.29. The van der Waals surface area contributed by atoms with Crippen molar-refractivity contribution in [1.29, 1.82) is 0 Å². The van der Waals surface area contributed by atoms with Gasteiger partial charge in [-0.2, -0.15) is 0 Å². The molecule has 0 saturated carbocycles. The summed E-state index contributed by atoms with van der Waals surface area (Å²) < 4.78 is 4.91. The molecule has 0 aromatic carbocycles. The molecule has 1 aromatic heterocycles. The van der Waals surface area contributed by atoms with Crippen LogP contribution in [0.25, 0.3) is 0 Å². The zero-order valence-electron chi connectivity index (χ0n) is 10.7. The summed E-state index contributed by atoms with van der Waals surface area (Å²) in [5.41, 5.74) is -1.09. The first-order valence-corrected chi connectivity index (χ1v) is 5.52. The Kier molecular flexibility index (Phi) is 4.85. The van der Waals surface area contributed by atoms with E-state index < -0.39 is 11.5 Å². The zero-order chi connectivity index (χ0) is 13.6. The normalized spacial score (nSPS) is 11.1. The maximum absolute atomic E-state index is 11.0. The van der Waals surface area contributed by atoms with Crippen LogP contribution in [0.15, 0.2) is 12.4 Å². The number of carboxylic acids is 1. The molecule has 1 rings (SSSR count). The van der Waals surface area contributed by atoms with Crippen LogP contribution in [0.2, 0.25) is 0 Å². The molecule has 0 radical (unpaired) electrons. The van der Waals surface area contributed by atoms with Crippen LogP contribution in [0, 0.1) is 0 Å². The zero-order valence-corrected chi connectivity index (χ0v) is 10.7. The van der Waals surface area contributed by atoms with E-state index in [-0.39, 0.29) is 0 Å². The lowest BCUT2D eigenvalue weighted by Gasteiger charge is -2.21. The molecular weight excluding hydrogens is 236 g/mol. The van der Waals surface area contributed by atoms with Gasteiger partial charge < -0.3 is 20.5 Å². The second kappa shape index (κ2) is 6.15. The predicted octanol–water partition coefficient (Wildman–Crippen LogP) is 0.810. The van der Waals surface area contributed by atoms with Crippen molar-refractivity contribution in [2.75, 3.05) is 30.9 Å². The number of nitrogens with one attached hydrogen (secondary N) is 2. The number of anilines is 2. The van der Waals surface area contributed by atoms with Crippen molar-refractivity contribution in [3.8, 4) is 0 Å². The number of hydrogen-bond donors (Lipinski definition) is 3. The molecule has 0 spiro atoms. The first-order chi connectivity index (χ1) is 8.45. The summed E-state index contributed by atoms with van der Waals surface area (Å²) in [5.74, 6) is 0.123. The van der Waals surface area contributed by atoms with E-state index in [2.05, 4.69) is 20.6 Å². The van der Waals surface area contributed by atoms with Crippen molar-refractivity contribution in [2.45, 2.75) is 19.4 Å². The van der Waals surface area contributed by atoms with Crippen molar-refractivity contribution in [3.63, 3.8) is 0 Å². The van der Waals surface area contributed by atoms with Crippen LogP contribution < -0.4 is 10.6 Å². The van der Waals surface area contributed by atoms with Gasteiger partial charge in [-0.05, 0) is 13.8 Å². The number of nitrogens with zero attached hydrogens (tertiary/aromatic N) is 2. The lowest BCUT2D eigenvalue weighted by Crippen LogP contribution is -2.40. The minimum absolute atomic E-state index is 0.456. The molecule has 0 amide bonds. The molecule has 7 heteroatoms. The van der Waals surface area contributed by atoms with Crippen molar-refractivity contribution >= 4 is 17.6 Å². The summed E-state index contributed by atoms with van der Waals surface area (Å²) in [4.78, 5) is 19.0. The molecular formula is C11H18N4O3. The maximum Gasteiger partial charge on any atom is 0.328 e. The van der Waals surface area contributed by atoms with Crippen LogP contribution in [0.4, 0.5) is 11.6 Å². The summed E-state index contributed by atoms with van der Waals surface area (Å²) in [6.45, 7) is 4.31. The fourth-order valence-corrected chi connectivity index (χ4v) is 1.18. The Hall–Kier alpha value is -1.89. The van der Waals surface area contributed by atoms with Gasteiger partial charge in [0.05, 0.1) is 6.61 Å². The fraction of sp³-hybridized carbons (Fsp3) is 0.545. The van der Waals surface area contributed by atoms with Crippen molar-refractivity contribution in [1.82, 2.24) is 9.97 Å². The van der Waals surface area contributed by atoms with E-state index in [4.69, 9.17) is 9.84 Å². The Morgan fingerprint density at radius 3 is 2.72 bits per heavy atom. The summed E-state index contributed by atoms with van der Waals surface area (Å²) >= 11 is 0. The molecule has 18 heavy (non-hydrogen) atoms. The Bertz CT molecular complexity index is 409. The molecule has 3 N–H and O–H groups in total. The van der Waals surface area contributed by atoms with Gasteiger partial charge in [-0.15, -0.1) is 0 Å². The van der Waals surface area contributed by atoms with E-state index in [1.807, 2.05) is 0 Å². The lowest BCUT2D eigenvalue weighted by molar-refractivity contribution is -0.141. The molecule has 0 saturated heterocycles. The number of carbonyl (C=O) groups is 1. The van der Waals surface area contributed by atoms with Crippen LogP contribution in [0.5, 0.6) is 0 Å². The van der Waals surface area contributed by atoms with Crippen molar-refractivity contribution in [3.05, 3.63) is 12.4 Å². The van der Waals surface area contributed by atoms with Gasteiger partial charge in [-0.1, -0.05) is 0 Å². The summed E-state index contributed by atoms with van der Waals surface area (Å²) in [7, 11) is 1.62. The van der Waals surface area contributed by atoms with E-state index in [9.17, 15) is 4.79 Å². The molecule has 0 atom stereocenters. The molecule has 7 nitrogen and oxygen atoms in total. The number of rotatable bonds is 7. The molecule has 1 heterocycles. The van der Waals surface area contributed by atoms with Crippen molar-refractivity contribution in [2.24, 2.45) is 0 Å². The van der Waals surface area contributed by atoms with E-state index >= 15 is 0 Å². The topological polar surface area (TPSA) is 96.4 Å². The van der Waals surface area contributed by atoms with E-state index in [0.29, 0.717) is 24.8 Å². The van der Waals surface area contributed by atoms with Gasteiger partial charge in [0.25, 0.3) is 0 Å². The second-order valence-corrected chi connectivity index (χ2v) is 4.26. The minimum atomic E-state index is -1.09. The number of aliphatic carboxylic acids is 1. The third-order valence-electron chi connectivity index (χ3n) is 2.25. The largest absolute Gasteiger partial charge is 0.480 e. The van der Waals surface area contributed by atoms with Gasteiger partial charge in [0, 0.05) is 19.7 Å². The van der Waals surface area contributed by atoms with Crippen LogP contribution in [0.3, 0.4) is 0 Å². The standard InChI is InChI=1S/C11H18N4O3/c1-11(2,10(16)17)15-9-6-8(13-7-14-9)12-4-5-18-3/h6-7H,4-5H2,1-3H3,(H,16,17)(H2,12,13,14,15). The number of ether oxygens (including phenoxy) is 1. The molecule has 100 valence electrons. The number of methoxy groups -OCH3 is 1. The highest BCUT2D eigenvalue weighted by atomic mass is 16.5. The first kappa shape index (κ1) is 14.2. The van der Waals surface area contributed by atoms with Gasteiger partial charge in [-0.25, -0.2) is 14.8 Å². The van der Waals surface area contributed by atoms with E-state index in [1.165, 1.54) is 6.33 Å². The van der Waals surface area contributed by atoms with Crippen LogP contribution in [0.1, 0.15) is 13.8 Å². The minimum Gasteiger partial charge on any atom is -0.480 e. The van der Waals surface area contributed by atoms with Gasteiger partial charge in [0.2, 0.25) is 0 Å². The fourth-order valence-electron chi connectivity index (χ4n) is 1.18. The monoisotopic (exact) mass is 254 g/mol. The molecule has 0 unspecified atom stereocenters. The highest BCUT2D eigenvalue weighted by molar-refractivity contribution is 5.81. The Labute approximate surface area is 106 Å². The summed E-state index contributed by atoms with van der Waals surface area (Å²) in [5, 5.41) is 14.9. The lowest BCUT2D eigenvalue weighted by atomic mass is 10.1. The quantitative estimate of drug-likeness (QED) is 0.619. The van der Waals surface area contributed by atoms with E-state index in [0.717, 1.165) is 0 Å². The molecule has 1 aromatic rings. The van der Waals surface area contributed by atoms with Gasteiger partial charge in [-0.3, -0.25) is 0 Å². The smallest absolute Gasteiger partial charge is 0.328 e. The number of aromatic nitrogens is 2. The third-order valence-corrected chi connectivity index (χ3v) is 2.25. The molecule has 0 fully saturated rings. The Morgan fingerprint density at radius 2 is 2.11 bits per heavy atom. The third kappa shape index (κ3) is 4.17. The first-order valence-electron chi connectivity index (χ1n) is 5.52. The van der Waals surface area contributed by atoms with Gasteiger partial charge in [0.15, 0.2) is 0 Å². The predicted molar refractivity (Wildman–Crippen MR) is 67.7 cm³/mol. The molecule has 0 aliphatic carbocycles. The number of hydrogen-bond acceptors (Lipinski definition) is 6. The van der Waals surface area contributed by atoms with Crippen LogP contribution in [-0.4, -0.2) is 46.8 Å². The average molecular weight is 254 g/mol. The molecule has 0 aliphatic heterocycles. The SMILES string of the molecule is COCCNc1cc(NC(C)(C)C(=O)O)ncn1. The van der Waals surface area contributed by atoms with Crippen LogP contribution in [-0.2, 0) is 9.53 Å². The van der Waals surface area contributed by atoms with Gasteiger partial charge >= 0.3 is 5.97 Å². The number of carboxylic acid groups (broad SMARTS) is 1. The highest BCUT2D eigenvalue weighted by Gasteiger charge is 2.27. The van der Waals surface area contributed by atoms with Gasteiger partial charge in [0.1, 0.15) is 23.5 Å². The highest BCUT2D eigenvalue weighted by Crippen LogP contribution is 2.14. The Morgan fingerprint density at radius 1 is 1.44 bits per heavy atom. The molecule has 0 bridgehead atoms. The van der Waals surface area contributed by atoms with E-state index in [1.54, 1.807) is 27.0 Å². The summed E-state index contributed by atoms with van der Waals surface area (Å²) in [6, 6.07) is 1.65. The second-order valence-electron chi connectivity index (χ2n) is 4.26. The van der Waals surface area contributed by atoms with Crippen molar-refractivity contribution < 1.29 is 14.6 Å². The molecule has 0 aliphatic rings. The Balaban J connectivity index is 2.67. The van der Waals surface area contributed by atoms with Crippen LogP contribution >= 0.6 is 0 Å². The summed E-state index contributed by atoms with van der Waals surface area (Å²) in [6.07, 6.45) is 1.37. The maximum atomic E-state index is 11.0.